The molecule has 18 heavy (non-hydrogen) atoms. The number of aromatic hydroxyl groups is 2. The van der Waals surface area contributed by atoms with Crippen LogP contribution in [-0.4, -0.2) is 23.3 Å². The molecule has 0 radical (unpaired) electrons. The summed E-state index contributed by atoms with van der Waals surface area (Å²) in [7, 11) is 1.29. The number of phenols is 2. The quantitative estimate of drug-likeness (QED) is 0.797. The Morgan fingerprint density at radius 2 is 1.89 bits per heavy atom. The molecular formula is C14H12O4. The number of methoxy groups -OCH3 is 1. The summed E-state index contributed by atoms with van der Waals surface area (Å²) in [5.74, 6) is -0.347. The largest absolute Gasteiger partial charge is 0.508 e. The third-order valence-electron chi connectivity index (χ3n) is 2.57. The second-order valence-electron chi connectivity index (χ2n) is 3.77. The van der Waals surface area contributed by atoms with Crippen LogP contribution in [-0.2, 0) is 4.74 Å². The number of carbonyl (C=O) groups excluding carboxylic acids is 1. The topological polar surface area (TPSA) is 66.8 Å². The zero-order valence-corrected chi connectivity index (χ0v) is 9.75. The van der Waals surface area contributed by atoms with E-state index in [0.29, 0.717) is 16.7 Å². The van der Waals surface area contributed by atoms with Gasteiger partial charge in [0.05, 0.1) is 12.7 Å². The van der Waals surface area contributed by atoms with E-state index in [1.165, 1.54) is 37.4 Å². The normalized spacial score (nSPS) is 10.1. The van der Waals surface area contributed by atoms with Crippen molar-refractivity contribution in [1.82, 2.24) is 0 Å². The molecule has 0 aliphatic heterocycles. The zero-order chi connectivity index (χ0) is 13.1. The first-order chi connectivity index (χ1) is 8.61. The molecule has 0 bridgehead atoms. The molecule has 92 valence electrons. The second kappa shape index (κ2) is 4.79. The van der Waals surface area contributed by atoms with Gasteiger partial charge in [-0.15, -0.1) is 0 Å². The molecular weight excluding hydrogens is 232 g/mol. The fourth-order valence-electron chi connectivity index (χ4n) is 1.69. The summed E-state index contributed by atoms with van der Waals surface area (Å²) in [6.45, 7) is 0. The second-order valence-corrected chi connectivity index (χ2v) is 3.77. The molecule has 4 heteroatoms. The van der Waals surface area contributed by atoms with Gasteiger partial charge in [-0.1, -0.05) is 12.1 Å². The van der Waals surface area contributed by atoms with Gasteiger partial charge >= 0.3 is 5.97 Å². The monoisotopic (exact) mass is 244 g/mol. The molecule has 0 saturated carbocycles. The molecule has 0 aliphatic carbocycles. The Bertz CT molecular complexity index is 590. The van der Waals surface area contributed by atoms with Crippen molar-refractivity contribution >= 4 is 5.97 Å². The average Bonchev–Trinajstić information content (AvgIpc) is 2.38. The lowest BCUT2D eigenvalue weighted by atomic mass is 10.0. The van der Waals surface area contributed by atoms with Gasteiger partial charge in [0.15, 0.2) is 0 Å². The molecule has 0 spiro atoms. The highest BCUT2D eigenvalue weighted by Crippen LogP contribution is 2.31. The Morgan fingerprint density at radius 1 is 1.11 bits per heavy atom. The fourth-order valence-corrected chi connectivity index (χ4v) is 1.69. The van der Waals surface area contributed by atoms with Gasteiger partial charge in [0.1, 0.15) is 11.5 Å². The van der Waals surface area contributed by atoms with E-state index in [0.717, 1.165) is 0 Å². The number of benzene rings is 2. The first-order valence-electron chi connectivity index (χ1n) is 5.32. The highest BCUT2D eigenvalue weighted by molar-refractivity contribution is 5.91. The van der Waals surface area contributed by atoms with Gasteiger partial charge in [0.2, 0.25) is 0 Å². The molecule has 0 heterocycles. The maximum Gasteiger partial charge on any atom is 0.337 e. The van der Waals surface area contributed by atoms with Crippen molar-refractivity contribution in [2.24, 2.45) is 0 Å². The van der Waals surface area contributed by atoms with Crippen LogP contribution in [0.2, 0.25) is 0 Å². The number of esters is 1. The molecule has 0 saturated heterocycles. The van der Waals surface area contributed by atoms with Crippen LogP contribution in [0.5, 0.6) is 11.5 Å². The highest BCUT2D eigenvalue weighted by atomic mass is 16.5. The van der Waals surface area contributed by atoms with Crippen LogP contribution in [0.15, 0.2) is 42.5 Å². The van der Waals surface area contributed by atoms with E-state index in [4.69, 9.17) is 0 Å². The molecule has 0 amide bonds. The third-order valence-corrected chi connectivity index (χ3v) is 2.57. The van der Waals surface area contributed by atoms with Crippen molar-refractivity contribution < 1.29 is 19.7 Å². The van der Waals surface area contributed by atoms with E-state index in [9.17, 15) is 15.0 Å². The van der Waals surface area contributed by atoms with E-state index in [2.05, 4.69) is 4.74 Å². The predicted octanol–water partition coefficient (Wildman–Crippen LogP) is 2.55. The Morgan fingerprint density at radius 3 is 2.56 bits per heavy atom. The average molecular weight is 244 g/mol. The Balaban J connectivity index is 2.53. The van der Waals surface area contributed by atoms with Gasteiger partial charge in [-0.2, -0.15) is 0 Å². The van der Waals surface area contributed by atoms with Crippen LogP contribution >= 0.6 is 0 Å². The lowest BCUT2D eigenvalue weighted by Crippen LogP contribution is -2.00. The molecule has 0 aromatic heterocycles. The van der Waals surface area contributed by atoms with Gasteiger partial charge in [0.25, 0.3) is 0 Å². The number of rotatable bonds is 2. The molecule has 2 aromatic rings. The summed E-state index contributed by atoms with van der Waals surface area (Å²) >= 11 is 0. The SMILES string of the molecule is COC(=O)c1ccc(O)c(-c2cccc(O)c2)c1. The van der Waals surface area contributed by atoms with Crippen LogP contribution in [0.4, 0.5) is 0 Å². The Labute approximate surface area is 104 Å². The maximum atomic E-state index is 11.4. The standard InChI is InChI=1S/C14H12O4/c1-18-14(17)10-5-6-13(16)12(8-10)9-3-2-4-11(15)7-9/h2-8,15-16H,1H3. The van der Waals surface area contributed by atoms with Crippen LogP contribution < -0.4 is 0 Å². The summed E-state index contributed by atoms with van der Waals surface area (Å²) in [4.78, 5) is 11.4. The number of ether oxygens (including phenoxy) is 1. The van der Waals surface area contributed by atoms with Crippen molar-refractivity contribution in [1.29, 1.82) is 0 Å². The summed E-state index contributed by atoms with van der Waals surface area (Å²) < 4.78 is 4.62. The maximum absolute atomic E-state index is 11.4. The minimum atomic E-state index is -0.476. The Kier molecular flexibility index (Phi) is 3.19. The van der Waals surface area contributed by atoms with E-state index in [-0.39, 0.29) is 11.5 Å². The van der Waals surface area contributed by atoms with Crippen LogP contribution in [0.25, 0.3) is 11.1 Å². The van der Waals surface area contributed by atoms with Crippen LogP contribution in [0, 0.1) is 0 Å². The predicted molar refractivity (Wildman–Crippen MR) is 66.5 cm³/mol. The Hall–Kier alpha value is -2.49. The summed E-state index contributed by atoms with van der Waals surface area (Å²) in [5.41, 5.74) is 1.43. The fraction of sp³-hybridized carbons (Fsp3) is 0.0714. The smallest absolute Gasteiger partial charge is 0.337 e. The molecule has 2 aromatic carbocycles. The van der Waals surface area contributed by atoms with Crippen LogP contribution in [0.1, 0.15) is 10.4 Å². The van der Waals surface area contributed by atoms with Crippen molar-refractivity contribution in [3.8, 4) is 22.6 Å². The molecule has 0 unspecified atom stereocenters. The lowest BCUT2D eigenvalue weighted by Gasteiger charge is -2.07. The summed E-state index contributed by atoms with van der Waals surface area (Å²) in [6, 6.07) is 10.9. The third kappa shape index (κ3) is 2.27. The van der Waals surface area contributed by atoms with Gasteiger partial charge in [-0.05, 0) is 35.9 Å². The molecule has 0 aliphatic rings. The zero-order valence-electron chi connectivity index (χ0n) is 9.75. The van der Waals surface area contributed by atoms with Gasteiger partial charge in [0, 0.05) is 5.56 Å². The van der Waals surface area contributed by atoms with Crippen molar-refractivity contribution in [3.05, 3.63) is 48.0 Å². The van der Waals surface area contributed by atoms with Crippen LogP contribution in [0.3, 0.4) is 0 Å². The number of carbonyl (C=O) groups is 1. The van der Waals surface area contributed by atoms with E-state index in [1.807, 2.05) is 0 Å². The molecule has 0 atom stereocenters. The van der Waals surface area contributed by atoms with Crippen molar-refractivity contribution in [2.75, 3.05) is 7.11 Å². The van der Waals surface area contributed by atoms with Gasteiger partial charge < -0.3 is 14.9 Å². The van der Waals surface area contributed by atoms with E-state index in [1.54, 1.807) is 12.1 Å². The first-order valence-corrected chi connectivity index (χ1v) is 5.32. The minimum Gasteiger partial charge on any atom is -0.508 e. The first kappa shape index (κ1) is 12.0. The number of hydrogen-bond acceptors (Lipinski definition) is 4. The summed E-state index contributed by atoms with van der Waals surface area (Å²) in [5, 5.41) is 19.2. The van der Waals surface area contributed by atoms with Gasteiger partial charge in [-0.25, -0.2) is 4.79 Å². The van der Waals surface area contributed by atoms with E-state index >= 15 is 0 Å². The lowest BCUT2D eigenvalue weighted by molar-refractivity contribution is 0.0601. The van der Waals surface area contributed by atoms with Gasteiger partial charge in [-0.3, -0.25) is 0 Å². The molecule has 2 N–H and O–H groups in total. The minimum absolute atomic E-state index is 0.0354. The molecule has 4 nitrogen and oxygen atoms in total. The van der Waals surface area contributed by atoms with E-state index < -0.39 is 5.97 Å². The summed E-state index contributed by atoms with van der Waals surface area (Å²) in [6.07, 6.45) is 0. The van der Waals surface area contributed by atoms with Crippen molar-refractivity contribution in [3.63, 3.8) is 0 Å². The molecule has 0 fully saturated rings. The molecule has 2 rings (SSSR count). The highest BCUT2D eigenvalue weighted by Gasteiger charge is 2.11. The van der Waals surface area contributed by atoms with Crippen molar-refractivity contribution in [2.45, 2.75) is 0 Å². The number of phenolic OH excluding ortho intramolecular Hbond substituents is 2. The number of hydrogen-bond donors (Lipinski definition) is 2.